The molecule has 136 valence electrons. The fraction of sp³-hybridized carbons (Fsp3) is 0.474. The highest BCUT2D eigenvalue weighted by atomic mass is 32.1. The molecular formula is C19H28N4OS. The standard InChI is InChI=1S/C19H28N4OS/c1-13(2)24-17-10-14(3)6-7-16(17)12-23-19(20-5)21-9-8-18-22-11-15(4)25-18/h6-7,10-11,13H,8-9,12H2,1-5H3,(H2,20,21,23). The summed E-state index contributed by atoms with van der Waals surface area (Å²) in [7, 11) is 1.78. The van der Waals surface area contributed by atoms with Crippen LogP contribution in [0.3, 0.4) is 0 Å². The van der Waals surface area contributed by atoms with Gasteiger partial charge in [0.25, 0.3) is 0 Å². The summed E-state index contributed by atoms with van der Waals surface area (Å²) in [5.41, 5.74) is 2.32. The zero-order valence-corrected chi connectivity index (χ0v) is 16.5. The van der Waals surface area contributed by atoms with Crippen LogP contribution in [0.4, 0.5) is 0 Å². The normalized spacial score (nSPS) is 11.7. The number of rotatable bonds is 7. The van der Waals surface area contributed by atoms with Crippen LogP contribution in [0.1, 0.15) is 34.9 Å². The lowest BCUT2D eigenvalue weighted by Gasteiger charge is -2.17. The van der Waals surface area contributed by atoms with Gasteiger partial charge >= 0.3 is 0 Å². The third kappa shape index (κ3) is 6.38. The summed E-state index contributed by atoms with van der Waals surface area (Å²) in [5, 5.41) is 7.83. The first-order valence-corrected chi connectivity index (χ1v) is 9.41. The number of hydrogen-bond acceptors (Lipinski definition) is 4. The van der Waals surface area contributed by atoms with Crippen LogP contribution in [0.5, 0.6) is 5.75 Å². The Morgan fingerprint density at radius 1 is 1.28 bits per heavy atom. The largest absolute Gasteiger partial charge is 0.491 e. The van der Waals surface area contributed by atoms with Crippen molar-refractivity contribution in [3.05, 3.63) is 45.4 Å². The molecule has 0 spiro atoms. The number of nitrogens with zero attached hydrogens (tertiary/aromatic N) is 2. The number of thiazole rings is 1. The minimum atomic E-state index is 0.153. The van der Waals surface area contributed by atoms with E-state index in [2.05, 4.69) is 52.7 Å². The first-order valence-electron chi connectivity index (χ1n) is 8.60. The SMILES string of the molecule is CN=C(NCCc1ncc(C)s1)NCc1ccc(C)cc1OC(C)C. The summed E-state index contributed by atoms with van der Waals surface area (Å²) >= 11 is 1.74. The van der Waals surface area contributed by atoms with E-state index in [1.54, 1.807) is 18.4 Å². The number of benzene rings is 1. The minimum absolute atomic E-state index is 0.153. The number of nitrogens with one attached hydrogen (secondary N) is 2. The molecule has 0 aliphatic heterocycles. The van der Waals surface area contributed by atoms with Crippen molar-refractivity contribution in [1.82, 2.24) is 15.6 Å². The third-order valence-electron chi connectivity index (χ3n) is 3.56. The van der Waals surface area contributed by atoms with Crippen molar-refractivity contribution in [1.29, 1.82) is 0 Å². The maximum Gasteiger partial charge on any atom is 0.191 e. The molecular weight excluding hydrogens is 332 g/mol. The zero-order valence-electron chi connectivity index (χ0n) is 15.7. The van der Waals surface area contributed by atoms with Crippen molar-refractivity contribution in [2.45, 2.75) is 46.8 Å². The van der Waals surface area contributed by atoms with Crippen LogP contribution in [0.2, 0.25) is 0 Å². The van der Waals surface area contributed by atoms with Crippen molar-refractivity contribution in [2.24, 2.45) is 4.99 Å². The van der Waals surface area contributed by atoms with Crippen molar-refractivity contribution < 1.29 is 4.74 Å². The second-order valence-electron chi connectivity index (χ2n) is 6.24. The van der Waals surface area contributed by atoms with Gasteiger partial charge in [-0.05, 0) is 39.3 Å². The Kier molecular flexibility index (Phi) is 7.25. The van der Waals surface area contributed by atoms with Crippen LogP contribution in [0.15, 0.2) is 29.4 Å². The maximum absolute atomic E-state index is 5.93. The highest BCUT2D eigenvalue weighted by Gasteiger charge is 2.07. The first-order chi connectivity index (χ1) is 12.0. The second kappa shape index (κ2) is 9.42. The van der Waals surface area contributed by atoms with E-state index in [9.17, 15) is 0 Å². The Morgan fingerprint density at radius 3 is 2.72 bits per heavy atom. The quantitative estimate of drug-likeness (QED) is 0.586. The van der Waals surface area contributed by atoms with E-state index in [-0.39, 0.29) is 6.10 Å². The lowest BCUT2D eigenvalue weighted by atomic mass is 10.1. The molecule has 0 bridgehead atoms. The lowest BCUT2D eigenvalue weighted by molar-refractivity contribution is 0.239. The summed E-state index contributed by atoms with van der Waals surface area (Å²) in [4.78, 5) is 9.91. The third-order valence-corrected chi connectivity index (χ3v) is 4.53. The van der Waals surface area contributed by atoms with Crippen LogP contribution in [0, 0.1) is 13.8 Å². The molecule has 0 fully saturated rings. The van der Waals surface area contributed by atoms with E-state index in [0.29, 0.717) is 6.54 Å². The molecule has 5 nitrogen and oxygen atoms in total. The number of aryl methyl sites for hydroxylation is 2. The van der Waals surface area contributed by atoms with Gasteiger partial charge in [-0.3, -0.25) is 4.99 Å². The van der Waals surface area contributed by atoms with Gasteiger partial charge in [-0.25, -0.2) is 4.98 Å². The fourth-order valence-corrected chi connectivity index (χ4v) is 3.16. The Morgan fingerprint density at radius 2 is 2.08 bits per heavy atom. The van der Waals surface area contributed by atoms with Gasteiger partial charge in [0, 0.05) is 43.2 Å². The average Bonchev–Trinajstić information content (AvgIpc) is 2.97. The Labute approximate surface area is 154 Å². The molecule has 6 heteroatoms. The van der Waals surface area contributed by atoms with Gasteiger partial charge in [0.2, 0.25) is 0 Å². The molecule has 0 aliphatic rings. The minimum Gasteiger partial charge on any atom is -0.491 e. The molecule has 0 unspecified atom stereocenters. The van der Waals surface area contributed by atoms with Crippen molar-refractivity contribution in [3.8, 4) is 5.75 Å². The number of aliphatic imine (C=N–C) groups is 1. The summed E-state index contributed by atoms with van der Waals surface area (Å²) in [6.45, 7) is 9.70. The zero-order chi connectivity index (χ0) is 18.2. The van der Waals surface area contributed by atoms with Crippen molar-refractivity contribution in [3.63, 3.8) is 0 Å². The van der Waals surface area contributed by atoms with Gasteiger partial charge in [-0.1, -0.05) is 12.1 Å². The number of aromatic nitrogens is 1. The van der Waals surface area contributed by atoms with Crippen LogP contribution < -0.4 is 15.4 Å². The van der Waals surface area contributed by atoms with Crippen LogP contribution in [-0.2, 0) is 13.0 Å². The highest BCUT2D eigenvalue weighted by Crippen LogP contribution is 2.21. The Hall–Kier alpha value is -2.08. The molecule has 1 heterocycles. The molecule has 0 saturated heterocycles. The number of hydrogen-bond donors (Lipinski definition) is 2. The lowest BCUT2D eigenvalue weighted by Crippen LogP contribution is -2.38. The average molecular weight is 361 g/mol. The van der Waals surface area contributed by atoms with E-state index in [1.807, 2.05) is 20.0 Å². The van der Waals surface area contributed by atoms with E-state index in [0.717, 1.165) is 35.2 Å². The molecule has 2 aromatic rings. The van der Waals surface area contributed by atoms with Gasteiger partial charge in [0.1, 0.15) is 5.75 Å². The summed E-state index contributed by atoms with van der Waals surface area (Å²) in [5.74, 6) is 1.71. The molecule has 2 N–H and O–H groups in total. The highest BCUT2D eigenvalue weighted by molar-refractivity contribution is 7.11. The number of ether oxygens (including phenoxy) is 1. The second-order valence-corrected chi connectivity index (χ2v) is 7.56. The molecule has 0 amide bonds. The number of guanidine groups is 1. The van der Waals surface area contributed by atoms with Crippen LogP contribution in [-0.4, -0.2) is 30.6 Å². The summed E-state index contributed by atoms with van der Waals surface area (Å²) < 4.78 is 5.93. The molecule has 0 aliphatic carbocycles. The van der Waals surface area contributed by atoms with Crippen LogP contribution >= 0.6 is 11.3 Å². The summed E-state index contributed by atoms with van der Waals surface area (Å²) in [6, 6.07) is 6.29. The predicted molar refractivity (Wildman–Crippen MR) is 106 cm³/mol. The van der Waals surface area contributed by atoms with Crippen LogP contribution in [0.25, 0.3) is 0 Å². The van der Waals surface area contributed by atoms with Gasteiger partial charge in [-0.2, -0.15) is 0 Å². The Bertz CT molecular complexity index is 709. The topological polar surface area (TPSA) is 58.5 Å². The van der Waals surface area contributed by atoms with E-state index in [4.69, 9.17) is 4.74 Å². The molecule has 0 saturated carbocycles. The predicted octanol–water partition coefficient (Wildman–Crippen LogP) is 3.45. The molecule has 1 aromatic heterocycles. The van der Waals surface area contributed by atoms with Gasteiger partial charge in [-0.15, -0.1) is 11.3 Å². The molecule has 1 aromatic carbocycles. The fourth-order valence-electron chi connectivity index (χ4n) is 2.38. The first kappa shape index (κ1) is 19.2. The molecule has 0 radical (unpaired) electrons. The smallest absolute Gasteiger partial charge is 0.191 e. The van der Waals surface area contributed by atoms with Crippen molar-refractivity contribution >= 4 is 17.3 Å². The van der Waals surface area contributed by atoms with E-state index < -0.39 is 0 Å². The monoisotopic (exact) mass is 360 g/mol. The Balaban J connectivity index is 1.87. The van der Waals surface area contributed by atoms with Crippen molar-refractivity contribution in [2.75, 3.05) is 13.6 Å². The molecule has 0 atom stereocenters. The van der Waals surface area contributed by atoms with E-state index in [1.165, 1.54) is 10.4 Å². The maximum atomic E-state index is 5.93. The van der Waals surface area contributed by atoms with Gasteiger partial charge in [0.05, 0.1) is 11.1 Å². The van der Waals surface area contributed by atoms with Gasteiger partial charge in [0.15, 0.2) is 5.96 Å². The summed E-state index contributed by atoms with van der Waals surface area (Å²) in [6.07, 6.45) is 2.96. The van der Waals surface area contributed by atoms with E-state index >= 15 is 0 Å². The molecule has 25 heavy (non-hydrogen) atoms. The van der Waals surface area contributed by atoms with Gasteiger partial charge < -0.3 is 15.4 Å². The molecule has 2 rings (SSSR count).